The first-order chi connectivity index (χ1) is 17.7. The van der Waals surface area contributed by atoms with Gasteiger partial charge in [0.05, 0.1) is 13.5 Å². The number of anilines is 1. The van der Waals surface area contributed by atoms with Gasteiger partial charge in [0.15, 0.2) is 0 Å². The van der Waals surface area contributed by atoms with Crippen molar-refractivity contribution in [1.82, 2.24) is 10.2 Å². The monoisotopic (exact) mass is 528 g/mol. The number of carbonyl (C=O) groups is 4. The van der Waals surface area contributed by atoms with Gasteiger partial charge in [-0.3, -0.25) is 14.4 Å². The molecule has 2 rings (SSSR count). The molecule has 0 spiro atoms. The molecular formula is C27H36N4O7. The van der Waals surface area contributed by atoms with E-state index in [4.69, 9.17) is 15.2 Å². The average Bonchev–Trinajstić information content (AvgIpc) is 2.80. The topological polar surface area (TPSA) is 160 Å². The lowest BCUT2D eigenvalue weighted by atomic mass is 10.00. The molecule has 5 N–H and O–H groups in total. The van der Waals surface area contributed by atoms with E-state index in [0.29, 0.717) is 17.0 Å². The van der Waals surface area contributed by atoms with Gasteiger partial charge in [-0.25, -0.2) is 4.79 Å². The van der Waals surface area contributed by atoms with E-state index in [9.17, 15) is 24.3 Å². The van der Waals surface area contributed by atoms with Gasteiger partial charge in [0.25, 0.3) is 5.91 Å². The van der Waals surface area contributed by atoms with Crippen LogP contribution in [0.25, 0.3) is 0 Å². The molecule has 0 saturated heterocycles. The summed E-state index contributed by atoms with van der Waals surface area (Å²) in [4.78, 5) is 53.0. The zero-order valence-electron chi connectivity index (χ0n) is 22.5. The normalized spacial score (nSPS) is 12.7. The molecule has 38 heavy (non-hydrogen) atoms. The number of rotatable bonds is 10. The van der Waals surface area contributed by atoms with Gasteiger partial charge in [-0.05, 0) is 76.6 Å². The van der Waals surface area contributed by atoms with Crippen molar-refractivity contribution in [2.24, 2.45) is 5.73 Å². The fourth-order valence-electron chi connectivity index (χ4n) is 3.73. The van der Waals surface area contributed by atoms with Gasteiger partial charge in [-0.2, -0.15) is 0 Å². The van der Waals surface area contributed by atoms with Crippen molar-refractivity contribution in [3.63, 3.8) is 0 Å². The number of hydrogen-bond donors (Lipinski definition) is 4. The van der Waals surface area contributed by atoms with E-state index in [1.807, 2.05) is 0 Å². The van der Waals surface area contributed by atoms with Gasteiger partial charge in [0.1, 0.15) is 29.2 Å². The van der Waals surface area contributed by atoms with Crippen LogP contribution in [0.2, 0.25) is 0 Å². The number of primary amides is 1. The highest BCUT2D eigenvalue weighted by molar-refractivity contribution is 6.00. The first-order valence-electron chi connectivity index (χ1n) is 12.1. The molecule has 11 heteroatoms. The molecule has 0 aromatic heterocycles. The van der Waals surface area contributed by atoms with E-state index in [1.54, 1.807) is 71.0 Å². The lowest BCUT2D eigenvalue weighted by molar-refractivity contribution is -0.143. The van der Waals surface area contributed by atoms with Crippen LogP contribution in [0.5, 0.6) is 11.5 Å². The summed E-state index contributed by atoms with van der Waals surface area (Å²) in [6.07, 6.45) is -1.44. The van der Waals surface area contributed by atoms with E-state index >= 15 is 0 Å². The van der Waals surface area contributed by atoms with Crippen LogP contribution in [0, 0.1) is 0 Å². The highest BCUT2D eigenvalue weighted by atomic mass is 16.6. The predicted molar refractivity (Wildman–Crippen MR) is 141 cm³/mol. The molecule has 2 unspecified atom stereocenters. The van der Waals surface area contributed by atoms with Crippen LogP contribution in [-0.4, -0.2) is 58.6 Å². The highest BCUT2D eigenvalue weighted by Gasteiger charge is 2.38. The molecule has 0 heterocycles. The SMILES string of the molecule is COc1ccc(NC(=O)C(c2cccc(O)c2)N(C(=O)C(CC(N)=O)NC(=O)OC(C)(C)C)C(C)C)cc1. The van der Waals surface area contributed by atoms with Crippen molar-refractivity contribution in [2.75, 3.05) is 12.4 Å². The number of benzene rings is 2. The number of nitrogens with two attached hydrogens (primary N) is 1. The van der Waals surface area contributed by atoms with Gasteiger partial charge in [-0.15, -0.1) is 0 Å². The van der Waals surface area contributed by atoms with Gasteiger partial charge in [0, 0.05) is 11.7 Å². The summed E-state index contributed by atoms with van der Waals surface area (Å²) in [6, 6.07) is 9.31. The molecule has 0 aliphatic rings. The minimum Gasteiger partial charge on any atom is -0.508 e. The number of nitrogens with one attached hydrogen (secondary N) is 2. The number of phenolic OH excluding ortho intramolecular Hbond substituents is 1. The molecule has 206 valence electrons. The molecule has 0 bridgehead atoms. The van der Waals surface area contributed by atoms with Crippen molar-refractivity contribution in [3.8, 4) is 11.5 Å². The number of carbonyl (C=O) groups excluding carboxylic acids is 4. The molecule has 0 radical (unpaired) electrons. The Balaban J connectivity index is 2.50. The number of alkyl carbamates (subject to hydrolysis) is 1. The third-order valence-corrected chi connectivity index (χ3v) is 5.28. The molecule has 0 fully saturated rings. The second kappa shape index (κ2) is 12.8. The number of aromatic hydroxyl groups is 1. The highest BCUT2D eigenvalue weighted by Crippen LogP contribution is 2.29. The third-order valence-electron chi connectivity index (χ3n) is 5.28. The molecule has 0 aliphatic heterocycles. The maximum Gasteiger partial charge on any atom is 0.408 e. The summed E-state index contributed by atoms with van der Waals surface area (Å²) < 4.78 is 10.4. The molecule has 0 saturated carbocycles. The minimum absolute atomic E-state index is 0.110. The van der Waals surface area contributed by atoms with Crippen molar-refractivity contribution < 1.29 is 33.8 Å². The summed E-state index contributed by atoms with van der Waals surface area (Å²) in [7, 11) is 1.52. The Morgan fingerprint density at radius 1 is 1.05 bits per heavy atom. The number of ether oxygens (including phenoxy) is 2. The van der Waals surface area contributed by atoms with E-state index in [1.165, 1.54) is 24.1 Å². The van der Waals surface area contributed by atoms with Crippen LogP contribution in [-0.2, 0) is 19.1 Å². The van der Waals surface area contributed by atoms with E-state index in [-0.39, 0.29) is 5.75 Å². The summed E-state index contributed by atoms with van der Waals surface area (Å²) in [5.41, 5.74) is 5.28. The average molecular weight is 529 g/mol. The van der Waals surface area contributed by atoms with Gasteiger partial charge < -0.3 is 35.8 Å². The van der Waals surface area contributed by atoms with Crippen LogP contribution in [0.3, 0.4) is 0 Å². The summed E-state index contributed by atoms with van der Waals surface area (Å²) in [6.45, 7) is 8.32. The predicted octanol–water partition coefficient (Wildman–Crippen LogP) is 3.09. The summed E-state index contributed by atoms with van der Waals surface area (Å²) >= 11 is 0. The molecule has 11 nitrogen and oxygen atoms in total. The summed E-state index contributed by atoms with van der Waals surface area (Å²) in [5, 5.41) is 15.3. The lowest BCUT2D eigenvalue weighted by Gasteiger charge is -2.37. The summed E-state index contributed by atoms with van der Waals surface area (Å²) in [5.74, 6) is -1.67. The second-order valence-corrected chi connectivity index (χ2v) is 9.92. The largest absolute Gasteiger partial charge is 0.508 e. The third kappa shape index (κ3) is 8.68. The Hall–Kier alpha value is -4.28. The molecular weight excluding hydrogens is 492 g/mol. The Kier molecular flexibility index (Phi) is 10.1. The Labute approximate surface area is 222 Å². The smallest absolute Gasteiger partial charge is 0.408 e. The quantitative estimate of drug-likeness (QED) is 0.368. The van der Waals surface area contributed by atoms with Crippen molar-refractivity contribution >= 4 is 29.5 Å². The number of amides is 4. The van der Waals surface area contributed by atoms with Crippen LogP contribution in [0.4, 0.5) is 10.5 Å². The number of methoxy groups -OCH3 is 1. The molecule has 2 atom stereocenters. The minimum atomic E-state index is -1.40. The van der Waals surface area contributed by atoms with E-state index < -0.39 is 54.0 Å². The standard InChI is InChI=1S/C27H36N4O7/c1-16(2)31(25(35)21(15-22(28)33)30-26(36)38-27(3,4)5)23(17-8-7-9-19(32)14-17)24(34)29-18-10-12-20(37-6)13-11-18/h7-14,16,21,23,32H,15H2,1-6H3,(H2,28,33)(H,29,34)(H,30,36). The van der Waals surface area contributed by atoms with Crippen LogP contribution in [0.1, 0.15) is 52.6 Å². The molecule has 2 aromatic carbocycles. The van der Waals surface area contributed by atoms with Crippen LogP contribution >= 0.6 is 0 Å². The van der Waals surface area contributed by atoms with Crippen LogP contribution in [0.15, 0.2) is 48.5 Å². The molecule has 4 amide bonds. The zero-order chi connectivity index (χ0) is 28.6. The second-order valence-electron chi connectivity index (χ2n) is 9.92. The molecule has 0 aliphatic carbocycles. The van der Waals surface area contributed by atoms with Crippen LogP contribution < -0.4 is 21.1 Å². The fourth-order valence-corrected chi connectivity index (χ4v) is 3.73. The van der Waals surface area contributed by atoms with Gasteiger partial charge in [0.2, 0.25) is 11.8 Å². The zero-order valence-corrected chi connectivity index (χ0v) is 22.5. The Morgan fingerprint density at radius 3 is 2.18 bits per heavy atom. The first kappa shape index (κ1) is 29.9. The first-order valence-corrected chi connectivity index (χ1v) is 12.1. The number of phenols is 1. The fraction of sp³-hybridized carbons (Fsp3) is 0.407. The maximum atomic E-state index is 13.9. The Bertz CT molecular complexity index is 1140. The maximum absolute atomic E-state index is 13.9. The van der Waals surface area contributed by atoms with E-state index in [2.05, 4.69) is 10.6 Å². The Morgan fingerprint density at radius 2 is 1.68 bits per heavy atom. The number of nitrogens with zero attached hydrogens (tertiary/aromatic N) is 1. The molecule has 2 aromatic rings. The lowest BCUT2D eigenvalue weighted by Crippen LogP contribution is -2.55. The number of hydrogen-bond acceptors (Lipinski definition) is 7. The van der Waals surface area contributed by atoms with Crippen molar-refractivity contribution in [1.29, 1.82) is 0 Å². The van der Waals surface area contributed by atoms with E-state index in [0.717, 1.165) is 0 Å². The van der Waals surface area contributed by atoms with Crippen molar-refractivity contribution in [3.05, 3.63) is 54.1 Å². The van der Waals surface area contributed by atoms with Gasteiger partial charge >= 0.3 is 6.09 Å². The van der Waals surface area contributed by atoms with Crippen molar-refractivity contribution in [2.45, 2.75) is 64.8 Å². The van der Waals surface area contributed by atoms with Gasteiger partial charge in [-0.1, -0.05) is 12.1 Å².